The number of thiophene rings is 1. The first-order chi connectivity index (χ1) is 14.6. The molecule has 0 fully saturated rings. The van der Waals surface area contributed by atoms with Gasteiger partial charge in [-0.25, -0.2) is 4.98 Å². The van der Waals surface area contributed by atoms with E-state index in [9.17, 15) is 4.79 Å². The first-order valence-corrected chi connectivity index (χ1v) is 10.4. The van der Waals surface area contributed by atoms with Gasteiger partial charge in [-0.3, -0.25) is 4.79 Å². The molecule has 0 spiro atoms. The molecule has 0 saturated heterocycles. The van der Waals surface area contributed by atoms with E-state index >= 15 is 0 Å². The number of nitrogens with one attached hydrogen (secondary N) is 1. The first-order valence-electron chi connectivity index (χ1n) is 9.24. The number of hydrogen-bond donors (Lipinski definition) is 2. The lowest BCUT2D eigenvalue weighted by Gasteiger charge is -2.18. The molecule has 0 saturated carbocycles. The highest BCUT2D eigenvalue weighted by Crippen LogP contribution is 2.36. The second kappa shape index (κ2) is 7.51. The Hall–Kier alpha value is -3.29. The molecule has 5 rings (SSSR count). The Morgan fingerprint density at radius 2 is 1.80 bits per heavy atom. The van der Waals surface area contributed by atoms with Crippen LogP contribution in [0.3, 0.4) is 0 Å². The fraction of sp³-hybridized carbons (Fsp3) is 0.0909. The molecular weight excluding hydrogens is 422 g/mol. The number of hydrogen-bond acceptors (Lipinski definition) is 6. The topological polar surface area (TPSA) is 86.5 Å². The van der Waals surface area contributed by atoms with Gasteiger partial charge < -0.3 is 20.5 Å². The number of ether oxygens (including phenoxy) is 2. The van der Waals surface area contributed by atoms with E-state index in [1.54, 1.807) is 18.2 Å². The molecule has 8 heteroatoms. The Kier molecular flexibility index (Phi) is 4.69. The maximum absolute atomic E-state index is 12.9. The third kappa shape index (κ3) is 3.42. The van der Waals surface area contributed by atoms with Crippen LogP contribution in [0.4, 0.5) is 11.4 Å². The maximum Gasteiger partial charge on any atom is 0.267 e. The SMILES string of the molecule is Nc1c(C(=O)Nc2ccc3c(c2)OCCO3)sc2nc(-c3ccc(Cl)cc3)ccc12. The van der Waals surface area contributed by atoms with Gasteiger partial charge in [-0.1, -0.05) is 23.7 Å². The van der Waals surface area contributed by atoms with Gasteiger partial charge in [-0.15, -0.1) is 11.3 Å². The molecule has 3 N–H and O–H groups in total. The van der Waals surface area contributed by atoms with Crippen molar-refractivity contribution in [2.75, 3.05) is 24.3 Å². The quantitative estimate of drug-likeness (QED) is 0.458. The number of carbonyl (C=O) groups is 1. The highest BCUT2D eigenvalue weighted by atomic mass is 35.5. The molecular formula is C22H16ClN3O3S. The van der Waals surface area contributed by atoms with Gasteiger partial charge in [0.15, 0.2) is 11.5 Å². The Morgan fingerprint density at radius 1 is 1.03 bits per heavy atom. The number of amides is 1. The second-order valence-corrected chi connectivity index (χ2v) is 8.15. The van der Waals surface area contributed by atoms with Crippen molar-refractivity contribution in [3.63, 3.8) is 0 Å². The number of carbonyl (C=O) groups excluding carboxylic acids is 1. The van der Waals surface area contributed by atoms with Gasteiger partial charge in [0.25, 0.3) is 5.91 Å². The van der Waals surface area contributed by atoms with Crippen molar-refractivity contribution >= 4 is 50.4 Å². The van der Waals surface area contributed by atoms with Crippen molar-refractivity contribution in [3.05, 3.63) is 64.5 Å². The van der Waals surface area contributed by atoms with Crippen LogP contribution >= 0.6 is 22.9 Å². The van der Waals surface area contributed by atoms with E-state index in [1.165, 1.54) is 11.3 Å². The van der Waals surface area contributed by atoms with Crippen molar-refractivity contribution in [3.8, 4) is 22.8 Å². The van der Waals surface area contributed by atoms with E-state index in [0.717, 1.165) is 16.6 Å². The molecule has 4 aromatic rings. The molecule has 150 valence electrons. The lowest BCUT2D eigenvalue weighted by molar-refractivity contribution is 0.103. The molecule has 0 bridgehead atoms. The van der Waals surface area contributed by atoms with E-state index in [-0.39, 0.29) is 5.91 Å². The van der Waals surface area contributed by atoms with Crippen LogP contribution in [-0.2, 0) is 0 Å². The van der Waals surface area contributed by atoms with Crippen LogP contribution in [0.1, 0.15) is 9.67 Å². The number of nitrogens with zero attached hydrogens (tertiary/aromatic N) is 1. The van der Waals surface area contributed by atoms with Gasteiger partial charge in [0.1, 0.15) is 22.9 Å². The number of halogens is 1. The molecule has 1 amide bonds. The highest BCUT2D eigenvalue weighted by Gasteiger charge is 2.19. The zero-order chi connectivity index (χ0) is 20.7. The number of anilines is 2. The fourth-order valence-electron chi connectivity index (χ4n) is 3.26. The summed E-state index contributed by atoms with van der Waals surface area (Å²) < 4.78 is 11.1. The largest absolute Gasteiger partial charge is 0.486 e. The average Bonchev–Trinajstić information content (AvgIpc) is 3.10. The Balaban J connectivity index is 1.44. The van der Waals surface area contributed by atoms with Gasteiger partial charge >= 0.3 is 0 Å². The maximum atomic E-state index is 12.9. The van der Waals surface area contributed by atoms with Crippen molar-refractivity contribution in [1.29, 1.82) is 0 Å². The highest BCUT2D eigenvalue weighted by molar-refractivity contribution is 7.21. The molecule has 2 aromatic carbocycles. The Bertz CT molecular complexity index is 1270. The lowest BCUT2D eigenvalue weighted by atomic mass is 10.1. The summed E-state index contributed by atoms with van der Waals surface area (Å²) in [6.45, 7) is 0.997. The van der Waals surface area contributed by atoms with E-state index in [1.807, 2.05) is 36.4 Å². The number of rotatable bonds is 3. The first kappa shape index (κ1) is 18.7. The van der Waals surface area contributed by atoms with Crippen LogP contribution in [0.5, 0.6) is 11.5 Å². The minimum absolute atomic E-state index is 0.291. The smallest absolute Gasteiger partial charge is 0.267 e. The third-order valence-electron chi connectivity index (χ3n) is 4.74. The molecule has 6 nitrogen and oxygen atoms in total. The van der Waals surface area contributed by atoms with Crippen LogP contribution in [0.15, 0.2) is 54.6 Å². The van der Waals surface area contributed by atoms with Gasteiger partial charge in [-0.05, 0) is 36.4 Å². The molecule has 0 aliphatic carbocycles. The van der Waals surface area contributed by atoms with Crippen LogP contribution in [-0.4, -0.2) is 24.1 Å². The van der Waals surface area contributed by atoms with Gasteiger partial charge in [-0.2, -0.15) is 0 Å². The molecule has 0 unspecified atom stereocenters. The predicted octanol–water partition coefficient (Wildman–Crippen LogP) is 5.22. The summed E-state index contributed by atoms with van der Waals surface area (Å²) in [5.74, 6) is 0.984. The van der Waals surface area contributed by atoms with Gasteiger partial charge in [0.05, 0.1) is 11.4 Å². The fourth-order valence-corrected chi connectivity index (χ4v) is 4.37. The van der Waals surface area contributed by atoms with Crippen LogP contribution < -0.4 is 20.5 Å². The van der Waals surface area contributed by atoms with Gasteiger partial charge in [0.2, 0.25) is 0 Å². The summed E-state index contributed by atoms with van der Waals surface area (Å²) in [4.78, 5) is 18.7. The number of fused-ring (bicyclic) bond motifs is 2. The van der Waals surface area contributed by atoms with Gasteiger partial charge in [0, 0.05) is 27.7 Å². The third-order valence-corrected chi connectivity index (χ3v) is 6.11. The number of benzene rings is 2. The summed E-state index contributed by atoms with van der Waals surface area (Å²) in [5, 5.41) is 4.30. The molecule has 1 aliphatic heterocycles. The van der Waals surface area contributed by atoms with Crippen molar-refractivity contribution in [1.82, 2.24) is 4.98 Å². The average molecular weight is 438 g/mol. The summed E-state index contributed by atoms with van der Waals surface area (Å²) >= 11 is 7.23. The van der Waals surface area contributed by atoms with Crippen LogP contribution in [0, 0.1) is 0 Å². The zero-order valence-corrected chi connectivity index (χ0v) is 17.2. The summed E-state index contributed by atoms with van der Waals surface area (Å²) in [6, 6.07) is 16.5. The monoisotopic (exact) mass is 437 g/mol. The standard InChI is InChI=1S/C22H16ClN3O3S/c23-13-3-1-12(2-4-13)16-7-6-15-19(24)20(30-22(15)26-16)21(27)25-14-5-8-17-18(11-14)29-10-9-28-17/h1-8,11H,9-10,24H2,(H,25,27). The Labute approximate surface area is 181 Å². The Morgan fingerprint density at radius 3 is 2.60 bits per heavy atom. The van der Waals surface area contributed by atoms with E-state index < -0.39 is 0 Å². The lowest BCUT2D eigenvalue weighted by Crippen LogP contribution is -2.16. The van der Waals surface area contributed by atoms with Crippen molar-refractivity contribution < 1.29 is 14.3 Å². The summed E-state index contributed by atoms with van der Waals surface area (Å²) in [5.41, 5.74) is 9.02. The van der Waals surface area contributed by atoms with E-state index in [0.29, 0.717) is 50.8 Å². The summed E-state index contributed by atoms with van der Waals surface area (Å²) in [6.07, 6.45) is 0. The van der Waals surface area contributed by atoms with E-state index in [4.69, 9.17) is 26.8 Å². The van der Waals surface area contributed by atoms with Crippen LogP contribution in [0.2, 0.25) is 5.02 Å². The molecule has 3 heterocycles. The normalized spacial score (nSPS) is 12.7. The molecule has 30 heavy (non-hydrogen) atoms. The van der Waals surface area contributed by atoms with E-state index in [2.05, 4.69) is 10.3 Å². The number of pyridine rings is 1. The minimum Gasteiger partial charge on any atom is -0.486 e. The molecule has 0 radical (unpaired) electrons. The predicted molar refractivity (Wildman–Crippen MR) is 120 cm³/mol. The number of nitrogens with two attached hydrogens (primary N) is 1. The van der Waals surface area contributed by atoms with Crippen molar-refractivity contribution in [2.45, 2.75) is 0 Å². The minimum atomic E-state index is -0.291. The molecule has 2 aromatic heterocycles. The molecule has 1 aliphatic rings. The zero-order valence-electron chi connectivity index (χ0n) is 15.6. The number of aromatic nitrogens is 1. The van der Waals surface area contributed by atoms with Crippen LogP contribution in [0.25, 0.3) is 21.5 Å². The van der Waals surface area contributed by atoms with Crippen molar-refractivity contribution in [2.24, 2.45) is 0 Å². The molecule has 0 atom stereocenters. The number of nitrogen functional groups attached to an aromatic ring is 1. The second-order valence-electron chi connectivity index (χ2n) is 6.71. The summed E-state index contributed by atoms with van der Waals surface area (Å²) in [7, 11) is 0.